The van der Waals surface area contributed by atoms with E-state index in [-0.39, 0.29) is 0 Å². The second-order valence-corrected chi connectivity index (χ2v) is 4.92. The number of halogens is 1. The van der Waals surface area contributed by atoms with Crippen LogP contribution < -0.4 is 0 Å². The molecule has 18 heavy (non-hydrogen) atoms. The lowest BCUT2D eigenvalue weighted by Gasteiger charge is -2.03. The fourth-order valence-corrected chi connectivity index (χ4v) is 2.27. The molecule has 0 unspecified atom stereocenters. The molecule has 0 radical (unpaired) electrons. The standard InChI is InChI=1S/C16H17ClO/c17-10-4-3-7-16(18)12-13-8-9-14-5-1-2-6-15(14)11-13/h1-2,5-6,8-9,11H,3-4,7,10,12H2. The Morgan fingerprint density at radius 1 is 1.00 bits per heavy atom. The lowest BCUT2D eigenvalue weighted by atomic mass is 10.0. The van der Waals surface area contributed by atoms with Crippen LogP contribution in [0.15, 0.2) is 42.5 Å². The van der Waals surface area contributed by atoms with Crippen molar-refractivity contribution in [3.05, 3.63) is 48.0 Å². The number of alkyl halides is 1. The number of ketones is 1. The van der Waals surface area contributed by atoms with E-state index in [1.807, 2.05) is 18.2 Å². The molecule has 2 rings (SSSR count). The zero-order valence-electron chi connectivity index (χ0n) is 10.4. The van der Waals surface area contributed by atoms with Crippen molar-refractivity contribution in [1.82, 2.24) is 0 Å². The molecular formula is C16H17ClO. The van der Waals surface area contributed by atoms with E-state index < -0.39 is 0 Å². The molecule has 0 N–H and O–H groups in total. The molecule has 1 nitrogen and oxygen atoms in total. The van der Waals surface area contributed by atoms with E-state index in [2.05, 4.69) is 24.3 Å². The van der Waals surface area contributed by atoms with Crippen molar-refractivity contribution in [3.8, 4) is 0 Å². The molecule has 0 amide bonds. The molecule has 0 heterocycles. The molecule has 2 heteroatoms. The van der Waals surface area contributed by atoms with Gasteiger partial charge in [0.1, 0.15) is 5.78 Å². The minimum absolute atomic E-state index is 0.301. The Hall–Kier alpha value is -1.34. The Morgan fingerprint density at radius 3 is 2.56 bits per heavy atom. The van der Waals surface area contributed by atoms with E-state index in [1.165, 1.54) is 10.8 Å². The van der Waals surface area contributed by atoms with Crippen molar-refractivity contribution >= 4 is 28.2 Å². The molecule has 0 fully saturated rings. The normalized spacial score (nSPS) is 10.7. The molecule has 0 aromatic heterocycles. The van der Waals surface area contributed by atoms with Crippen molar-refractivity contribution in [2.45, 2.75) is 25.7 Å². The fourth-order valence-electron chi connectivity index (χ4n) is 2.08. The first kappa shape index (κ1) is 13.1. The van der Waals surface area contributed by atoms with Gasteiger partial charge in [-0.25, -0.2) is 0 Å². The van der Waals surface area contributed by atoms with E-state index in [4.69, 9.17) is 11.6 Å². The largest absolute Gasteiger partial charge is 0.299 e. The van der Waals surface area contributed by atoms with E-state index in [0.717, 1.165) is 18.4 Å². The quantitative estimate of drug-likeness (QED) is 0.557. The van der Waals surface area contributed by atoms with Gasteiger partial charge in [-0.3, -0.25) is 4.79 Å². The van der Waals surface area contributed by atoms with Gasteiger partial charge < -0.3 is 0 Å². The Bertz CT molecular complexity index is 533. The van der Waals surface area contributed by atoms with Crippen LogP contribution >= 0.6 is 11.6 Å². The first-order valence-corrected chi connectivity index (χ1v) is 6.88. The van der Waals surface area contributed by atoms with Crippen molar-refractivity contribution in [3.63, 3.8) is 0 Å². The third-order valence-electron chi connectivity index (χ3n) is 3.05. The van der Waals surface area contributed by atoms with Crippen LogP contribution in [0.25, 0.3) is 10.8 Å². The number of carbonyl (C=O) groups excluding carboxylic acids is 1. The van der Waals surface area contributed by atoms with E-state index in [0.29, 0.717) is 24.5 Å². The van der Waals surface area contributed by atoms with Crippen LogP contribution in [-0.2, 0) is 11.2 Å². The molecule has 0 saturated heterocycles. The average molecular weight is 261 g/mol. The molecule has 2 aromatic carbocycles. The molecule has 0 bridgehead atoms. The summed E-state index contributed by atoms with van der Waals surface area (Å²) in [5.74, 6) is 0.943. The van der Waals surface area contributed by atoms with Crippen molar-refractivity contribution in [2.75, 3.05) is 5.88 Å². The number of hydrogen-bond acceptors (Lipinski definition) is 1. The van der Waals surface area contributed by atoms with Gasteiger partial charge in [-0.05, 0) is 29.2 Å². The number of unbranched alkanes of at least 4 members (excludes halogenated alkanes) is 1. The third kappa shape index (κ3) is 3.58. The summed E-state index contributed by atoms with van der Waals surface area (Å²) < 4.78 is 0. The van der Waals surface area contributed by atoms with Gasteiger partial charge in [-0.2, -0.15) is 0 Å². The van der Waals surface area contributed by atoms with Crippen LogP contribution in [-0.4, -0.2) is 11.7 Å². The highest BCUT2D eigenvalue weighted by Crippen LogP contribution is 2.16. The SMILES string of the molecule is O=C(CCCCCl)Cc1ccc2ccccc2c1. The minimum Gasteiger partial charge on any atom is -0.299 e. The van der Waals surface area contributed by atoms with Gasteiger partial charge in [-0.15, -0.1) is 11.6 Å². The second-order valence-electron chi connectivity index (χ2n) is 4.54. The van der Waals surface area contributed by atoms with Crippen LogP contribution in [0.4, 0.5) is 0 Å². The monoisotopic (exact) mass is 260 g/mol. The molecule has 0 saturated carbocycles. The topological polar surface area (TPSA) is 17.1 Å². The second kappa shape index (κ2) is 6.55. The zero-order chi connectivity index (χ0) is 12.8. The average Bonchev–Trinajstić information content (AvgIpc) is 2.39. The highest BCUT2D eigenvalue weighted by atomic mass is 35.5. The van der Waals surface area contributed by atoms with E-state index in [9.17, 15) is 4.79 Å². The maximum atomic E-state index is 11.8. The van der Waals surface area contributed by atoms with Gasteiger partial charge in [0.05, 0.1) is 0 Å². The molecule has 0 aliphatic rings. The third-order valence-corrected chi connectivity index (χ3v) is 3.32. The predicted octanol–water partition coefficient (Wildman–Crippen LogP) is 4.36. The Kier molecular flexibility index (Phi) is 4.77. The van der Waals surface area contributed by atoms with Crippen molar-refractivity contribution in [2.24, 2.45) is 0 Å². The Labute approximate surface area is 113 Å². The summed E-state index contributed by atoms with van der Waals surface area (Å²) in [4.78, 5) is 11.8. The number of Topliss-reactive ketones (excluding diaryl/α,β-unsaturated/α-hetero) is 1. The first-order valence-electron chi connectivity index (χ1n) is 6.35. The maximum Gasteiger partial charge on any atom is 0.137 e. The molecule has 0 spiro atoms. The van der Waals surface area contributed by atoms with Gasteiger partial charge in [0.25, 0.3) is 0 Å². The summed E-state index contributed by atoms with van der Waals surface area (Å²) in [5.41, 5.74) is 1.10. The van der Waals surface area contributed by atoms with Gasteiger partial charge in [0, 0.05) is 18.7 Å². The summed E-state index contributed by atoms with van der Waals surface area (Å²) in [6.45, 7) is 0. The Balaban J connectivity index is 2.01. The number of rotatable bonds is 6. The first-order chi connectivity index (χ1) is 8.79. The van der Waals surface area contributed by atoms with Crippen LogP contribution in [0.1, 0.15) is 24.8 Å². The van der Waals surface area contributed by atoms with Crippen molar-refractivity contribution in [1.29, 1.82) is 0 Å². The predicted molar refractivity (Wildman–Crippen MR) is 77.2 cm³/mol. The van der Waals surface area contributed by atoms with Gasteiger partial charge >= 0.3 is 0 Å². The van der Waals surface area contributed by atoms with Gasteiger partial charge in [0.2, 0.25) is 0 Å². The number of benzene rings is 2. The molecule has 2 aromatic rings. The number of hydrogen-bond donors (Lipinski definition) is 0. The van der Waals surface area contributed by atoms with Gasteiger partial charge in [0.15, 0.2) is 0 Å². The lowest BCUT2D eigenvalue weighted by Crippen LogP contribution is -2.02. The summed E-state index contributed by atoms with van der Waals surface area (Å²) in [5, 5.41) is 2.42. The van der Waals surface area contributed by atoms with Crippen LogP contribution in [0.3, 0.4) is 0 Å². The molecule has 94 valence electrons. The minimum atomic E-state index is 0.301. The van der Waals surface area contributed by atoms with E-state index in [1.54, 1.807) is 0 Å². The fraction of sp³-hybridized carbons (Fsp3) is 0.312. The van der Waals surface area contributed by atoms with Crippen LogP contribution in [0.2, 0.25) is 0 Å². The van der Waals surface area contributed by atoms with Gasteiger partial charge in [-0.1, -0.05) is 42.5 Å². The molecule has 0 aliphatic carbocycles. The summed E-state index contributed by atoms with van der Waals surface area (Å²) in [6.07, 6.45) is 2.99. The lowest BCUT2D eigenvalue weighted by molar-refractivity contribution is -0.118. The highest BCUT2D eigenvalue weighted by molar-refractivity contribution is 6.17. The molecule has 0 aliphatic heterocycles. The molecular weight excluding hydrogens is 244 g/mol. The molecule has 0 atom stereocenters. The summed E-state index contributed by atoms with van der Waals surface area (Å²) in [6, 6.07) is 14.4. The van der Waals surface area contributed by atoms with Crippen LogP contribution in [0, 0.1) is 0 Å². The Morgan fingerprint density at radius 2 is 1.78 bits per heavy atom. The van der Waals surface area contributed by atoms with Crippen molar-refractivity contribution < 1.29 is 4.79 Å². The smallest absolute Gasteiger partial charge is 0.137 e. The van der Waals surface area contributed by atoms with Crippen LogP contribution in [0.5, 0.6) is 0 Å². The summed E-state index contributed by atoms with van der Waals surface area (Å²) in [7, 11) is 0. The number of carbonyl (C=O) groups is 1. The highest BCUT2D eigenvalue weighted by Gasteiger charge is 2.04. The maximum absolute atomic E-state index is 11.8. The zero-order valence-corrected chi connectivity index (χ0v) is 11.1. The summed E-state index contributed by atoms with van der Waals surface area (Å²) >= 11 is 5.60. The van der Waals surface area contributed by atoms with E-state index >= 15 is 0 Å². The number of fused-ring (bicyclic) bond motifs is 1.